The number of rotatable bonds is 3. The third-order valence-electron chi connectivity index (χ3n) is 7.70. The van der Waals surface area contributed by atoms with E-state index in [-0.39, 0.29) is 23.8 Å². The normalized spacial score (nSPS) is 45.9. The van der Waals surface area contributed by atoms with Crippen LogP contribution < -0.4 is 5.32 Å². The Bertz CT molecular complexity index is 776. The van der Waals surface area contributed by atoms with Crippen molar-refractivity contribution in [3.8, 4) is 0 Å². The number of hydrogen-bond donors (Lipinski definition) is 1. The minimum Gasteiger partial charge on any atom is -0.349 e. The van der Waals surface area contributed by atoms with Crippen molar-refractivity contribution in [2.24, 2.45) is 23.7 Å². The maximum atomic E-state index is 12.5. The summed E-state index contributed by atoms with van der Waals surface area (Å²) in [7, 11) is 0. The van der Waals surface area contributed by atoms with Crippen LogP contribution in [-0.4, -0.2) is 41.2 Å². The largest absolute Gasteiger partial charge is 0.349 e. The number of pyridine rings is 1. The Balaban J connectivity index is 1.38. The van der Waals surface area contributed by atoms with Gasteiger partial charge >= 0.3 is 0 Å². The van der Waals surface area contributed by atoms with Crippen LogP contribution in [0.4, 0.5) is 0 Å². The number of carbonyl (C=O) groups is 1. The second-order valence-corrected chi connectivity index (χ2v) is 9.39. The van der Waals surface area contributed by atoms with Crippen LogP contribution in [0.1, 0.15) is 56.8 Å². The minimum atomic E-state index is -0.775. The molecule has 1 spiro atoms. The van der Waals surface area contributed by atoms with Crippen molar-refractivity contribution in [2.45, 2.75) is 70.2 Å². The van der Waals surface area contributed by atoms with E-state index < -0.39 is 17.7 Å². The number of hydrogen-bond acceptors (Lipinski definition) is 6. The van der Waals surface area contributed by atoms with Gasteiger partial charge in [0, 0.05) is 36.8 Å². The Hall–Kier alpha value is -1.54. The van der Waals surface area contributed by atoms with Crippen molar-refractivity contribution in [1.29, 1.82) is 0 Å². The first-order chi connectivity index (χ1) is 13.9. The fourth-order valence-electron chi connectivity index (χ4n) is 6.01. The van der Waals surface area contributed by atoms with Crippen LogP contribution >= 0.6 is 0 Å². The predicted molar refractivity (Wildman–Crippen MR) is 103 cm³/mol. The maximum absolute atomic E-state index is 12.5. The average molecular weight is 402 g/mol. The van der Waals surface area contributed by atoms with Gasteiger partial charge in [-0.15, -0.1) is 0 Å². The third kappa shape index (κ3) is 3.02. The zero-order chi connectivity index (χ0) is 20.2. The summed E-state index contributed by atoms with van der Waals surface area (Å²) in [6.45, 7) is 6.88. The minimum absolute atomic E-state index is 0.117. The third-order valence-corrected chi connectivity index (χ3v) is 7.70. The van der Waals surface area contributed by atoms with Gasteiger partial charge in [-0.1, -0.05) is 13.8 Å². The highest BCUT2D eigenvalue weighted by atomic mass is 17.3. The highest BCUT2D eigenvalue weighted by Gasteiger charge is 2.69. The summed E-state index contributed by atoms with van der Waals surface area (Å²) in [5.41, 5.74) is 0.0408. The quantitative estimate of drug-likeness (QED) is 0.783. The number of nitrogens with one attached hydrogen (secondary N) is 1. The molecule has 7 nitrogen and oxygen atoms in total. The Labute approximate surface area is 171 Å². The van der Waals surface area contributed by atoms with Crippen LogP contribution in [0.25, 0.3) is 0 Å². The van der Waals surface area contributed by atoms with Gasteiger partial charge in [-0.05, 0) is 56.1 Å². The Morgan fingerprint density at radius 2 is 1.97 bits per heavy atom. The van der Waals surface area contributed by atoms with Crippen LogP contribution in [0.5, 0.6) is 0 Å². The van der Waals surface area contributed by atoms with Gasteiger partial charge < -0.3 is 14.8 Å². The molecule has 7 heteroatoms. The molecule has 1 aromatic heterocycles. The summed E-state index contributed by atoms with van der Waals surface area (Å²) in [4.78, 5) is 28.5. The highest BCUT2D eigenvalue weighted by molar-refractivity contribution is 5.93. The van der Waals surface area contributed by atoms with Crippen LogP contribution in [-0.2, 0) is 19.2 Å². The second kappa shape index (κ2) is 7.01. The molecule has 29 heavy (non-hydrogen) atoms. The fourth-order valence-corrected chi connectivity index (χ4v) is 6.01. The molecule has 0 aromatic carbocycles. The van der Waals surface area contributed by atoms with Crippen LogP contribution in [0, 0.1) is 23.7 Å². The lowest BCUT2D eigenvalue weighted by molar-refractivity contribution is -0.570. The van der Waals surface area contributed by atoms with Crippen molar-refractivity contribution in [2.75, 3.05) is 6.54 Å². The summed E-state index contributed by atoms with van der Waals surface area (Å²) < 4.78 is 12.8. The smallest absolute Gasteiger partial charge is 0.251 e. The van der Waals surface area contributed by atoms with E-state index in [1.807, 2.05) is 6.92 Å². The van der Waals surface area contributed by atoms with E-state index in [4.69, 9.17) is 19.2 Å². The molecular weight excluding hydrogens is 372 g/mol. The first-order valence-electron chi connectivity index (χ1n) is 10.8. The zero-order valence-electron chi connectivity index (χ0n) is 17.3. The molecule has 5 fully saturated rings. The monoisotopic (exact) mass is 402 g/mol. The van der Waals surface area contributed by atoms with Gasteiger partial charge in [0.2, 0.25) is 5.79 Å². The maximum Gasteiger partial charge on any atom is 0.251 e. The van der Waals surface area contributed by atoms with Gasteiger partial charge in [0.05, 0.1) is 6.10 Å². The first-order valence-corrected chi connectivity index (χ1v) is 10.8. The molecule has 6 rings (SSSR count). The lowest BCUT2D eigenvalue weighted by atomic mass is 9.57. The number of fused-ring (bicyclic) bond motifs is 2. The van der Waals surface area contributed by atoms with E-state index in [1.54, 1.807) is 24.5 Å². The van der Waals surface area contributed by atoms with Crippen molar-refractivity contribution in [1.82, 2.24) is 10.3 Å². The molecule has 4 saturated heterocycles. The van der Waals surface area contributed by atoms with Crippen molar-refractivity contribution >= 4 is 5.91 Å². The number of aromatic nitrogens is 1. The molecule has 0 radical (unpaired) electrons. The van der Waals surface area contributed by atoms with Crippen molar-refractivity contribution in [3.05, 3.63) is 30.1 Å². The summed E-state index contributed by atoms with van der Waals surface area (Å²) in [6.07, 6.45) is 6.67. The SMILES string of the molecule is C[C@H]1[C@@H](CNC(=O)c2ccncc2)O[C@@H]2O[C@@]3(C)CC[C@H]4[C@H](C)CC[C@@H]1[C@@]24OO3. The molecule has 1 aliphatic carbocycles. The number of amides is 1. The topological polar surface area (TPSA) is 78.9 Å². The Morgan fingerprint density at radius 3 is 2.76 bits per heavy atom. The van der Waals surface area contributed by atoms with Gasteiger partial charge in [0.1, 0.15) is 0 Å². The van der Waals surface area contributed by atoms with E-state index in [9.17, 15) is 4.79 Å². The van der Waals surface area contributed by atoms with Gasteiger partial charge in [0.25, 0.3) is 5.91 Å². The summed E-state index contributed by atoms with van der Waals surface area (Å²) in [5.74, 6) is 0.490. The van der Waals surface area contributed by atoms with E-state index in [1.165, 1.54) is 6.42 Å². The van der Waals surface area contributed by atoms with Crippen LogP contribution in [0.15, 0.2) is 24.5 Å². The molecule has 5 heterocycles. The molecule has 1 N–H and O–H groups in total. The lowest BCUT2D eigenvalue weighted by Gasteiger charge is -2.60. The van der Waals surface area contributed by atoms with E-state index >= 15 is 0 Å². The zero-order valence-corrected chi connectivity index (χ0v) is 17.3. The lowest BCUT2D eigenvalue weighted by Crippen LogP contribution is -2.71. The summed E-state index contributed by atoms with van der Waals surface area (Å²) in [6, 6.07) is 3.42. The van der Waals surface area contributed by atoms with Gasteiger partial charge in [-0.25, -0.2) is 9.78 Å². The molecule has 2 bridgehead atoms. The van der Waals surface area contributed by atoms with E-state index in [0.29, 0.717) is 23.9 Å². The molecule has 1 amide bonds. The standard InChI is InChI=1S/C22H30N2O5/c1-13-4-5-17-14(2)18(12-24-19(25)15-7-10-23-11-8-15)26-20-22(17)16(13)6-9-21(3,27-20)28-29-22/h7-8,10-11,13-14,16-18,20H,4-6,9,12H2,1-3H3,(H,24,25)/t13-,14-,16+,17+,18-,20-,21-,22-/m1/s1. The second-order valence-electron chi connectivity index (χ2n) is 9.39. The molecule has 5 aliphatic rings. The molecule has 4 aliphatic heterocycles. The Kier molecular flexibility index (Phi) is 4.70. The van der Waals surface area contributed by atoms with Gasteiger partial charge in [0.15, 0.2) is 11.9 Å². The molecule has 0 unspecified atom stereocenters. The van der Waals surface area contributed by atoms with Gasteiger partial charge in [-0.3, -0.25) is 9.78 Å². The fraction of sp³-hybridized carbons (Fsp3) is 0.727. The van der Waals surface area contributed by atoms with Crippen molar-refractivity contribution in [3.63, 3.8) is 0 Å². The average Bonchev–Trinajstić information content (AvgIpc) is 2.96. The summed E-state index contributed by atoms with van der Waals surface area (Å²) >= 11 is 0. The van der Waals surface area contributed by atoms with Crippen LogP contribution in [0.3, 0.4) is 0 Å². The molecule has 158 valence electrons. The number of nitrogens with zero attached hydrogens (tertiary/aromatic N) is 1. The van der Waals surface area contributed by atoms with Crippen molar-refractivity contribution < 1.29 is 24.0 Å². The Morgan fingerprint density at radius 1 is 1.17 bits per heavy atom. The van der Waals surface area contributed by atoms with Gasteiger partial charge in [-0.2, -0.15) is 0 Å². The first kappa shape index (κ1) is 19.4. The molecule has 8 atom stereocenters. The predicted octanol–water partition coefficient (Wildman–Crippen LogP) is 3.06. The molecular formula is C22H30N2O5. The number of carbonyl (C=O) groups excluding carboxylic acids is 1. The van der Waals surface area contributed by atoms with E-state index in [2.05, 4.69) is 24.1 Å². The number of ether oxygens (including phenoxy) is 2. The summed E-state index contributed by atoms with van der Waals surface area (Å²) in [5, 5.41) is 3.02. The van der Waals surface area contributed by atoms with Crippen LogP contribution in [0.2, 0.25) is 0 Å². The highest BCUT2D eigenvalue weighted by Crippen LogP contribution is 2.60. The molecule has 1 aromatic rings. The van der Waals surface area contributed by atoms with E-state index in [0.717, 1.165) is 19.3 Å². The molecule has 1 saturated carbocycles.